The standard InChI is InChI=1S/C14H13Br2FN2/c1-18-13(7-10-6-5-9(15)8-19-10)11-3-2-4-12(17)14(11)16/h2-6,8,13,18H,7H2,1H3. The van der Waals surface area contributed by atoms with Gasteiger partial charge < -0.3 is 5.32 Å². The van der Waals surface area contributed by atoms with Gasteiger partial charge in [0.15, 0.2) is 0 Å². The van der Waals surface area contributed by atoms with Gasteiger partial charge in [0.1, 0.15) is 5.82 Å². The first-order valence-electron chi connectivity index (χ1n) is 5.83. The highest BCUT2D eigenvalue weighted by Gasteiger charge is 2.16. The second kappa shape index (κ2) is 6.59. The van der Waals surface area contributed by atoms with Crippen LogP contribution in [-0.4, -0.2) is 12.0 Å². The van der Waals surface area contributed by atoms with Gasteiger partial charge >= 0.3 is 0 Å². The summed E-state index contributed by atoms with van der Waals surface area (Å²) in [6.45, 7) is 0. The molecule has 2 rings (SSSR count). The van der Waals surface area contributed by atoms with Gasteiger partial charge in [0.05, 0.1) is 4.47 Å². The van der Waals surface area contributed by atoms with Crippen molar-refractivity contribution < 1.29 is 4.39 Å². The Hall–Kier alpha value is -0.780. The maximum Gasteiger partial charge on any atom is 0.137 e. The number of aromatic nitrogens is 1. The molecule has 2 aromatic rings. The van der Waals surface area contributed by atoms with E-state index in [2.05, 4.69) is 42.2 Å². The number of pyridine rings is 1. The number of nitrogens with zero attached hydrogens (tertiary/aromatic N) is 1. The molecule has 0 bridgehead atoms. The van der Waals surface area contributed by atoms with Gasteiger partial charge in [0.2, 0.25) is 0 Å². The highest BCUT2D eigenvalue weighted by Crippen LogP contribution is 2.28. The normalized spacial score (nSPS) is 12.4. The summed E-state index contributed by atoms with van der Waals surface area (Å²) in [5, 5.41) is 3.20. The summed E-state index contributed by atoms with van der Waals surface area (Å²) in [4.78, 5) is 4.35. The van der Waals surface area contributed by atoms with Gasteiger partial charge in [-0.15, -0.1) is 0 Å². The molecule has 0 aliphatic carbocycles. The predicted octanol–water partition coefficient (Wildman–Crippen LogP) is 4.25. The Bertz CT molecular complexity index is 558. The fourth-order valence-electron chi connectivity index (χ4n) is 1.89. The molecule has 0 aliphatic rings. The summed E-state index contributed by atoms with van der Waals surface area (Å²) < 4.78 is 15.0. The van der Waals surface area contributed by atoms with Crippen LogP contribution in [-0.2, 0) is 6.42 Å². The van der Waals surface area contributed by atoms with E-state index in [0.29, 0.717) is 10.9 Å². The van der Waals surface area contributed by atoms with Crippen LogP contribution in [0.4, 0.5) is 4.39 Å². The van der Waals surface area contributed by atoms with Crippen molar-refractivity contribution in [1.82, 2.24) is 10.3 Å². The molecule has 0 amide bonds. The van der Waals surface area contributed by atoms with E-state index in [1.54, 1.807) is 12.3 Å². The van der Waals surface area contributed by atoms with Crippen LogP contribution in [0.2, 0.25) is 0 Å². The predicted molar refractivity (Wildman–Crippen MR) is 81.5 cm³/mol. The van der Waals surface area contributed by atoms with Crippen molar-refractivity contribution in [3.63, 3.8) is 0 Å². The molecule has 100 valence electrons. The van der Waals surface area contributed by atoms with Gasteiger partial charge in [0, 0.05) is 28.8 Å². The SMILES string of the molecule is CNC(Cc1ccc(Br)cn1)c1cccc(F)c1Br. The fraction of sp³-hybridized carbons (Fsp3) is 0.214. The Morgan fingerprint density at radius 3 is 2.68 bits per heavy atom. The summed E-state index contributed by atoms with van der Waals surface area (Å²) in [6.07, 6.45) is 2.47. The quantitative estimate of drug-likeness (QED) is 0.848. The zero-order chi connectivity index (χ0) is 13.8. The fourth-order valence-corrected chi connectivity index (χ4v) is 2.67. The maximum atomic E-state index is 13.6. The smallest absolute Gasteiger partial charge is 0.137 e. The van der Waals surface area contributed by atoms with E-state index in [0.717, 1.165) is 15.7 Å². The topological polar surface area (TPSA) is 24.9 Å². The van der Waals surface area contributed by atoms with Crippen LogP contribution in [0.5, 0.6) is 0 Å². The van der Waals surface area contributed by atoms with Crippen LogP contribution in [0.15, 0.2) is 45.5 Å². The number of nitrogens with one attached hydrogen (secondary N) is 1. The number of rotatable bonds is 4. The van der Waals surface area contributed by atoms with E-state index in [-0.39, 0.29) is 11.9 Å². The monoisotopic (exact) mass is 386 g/mol. The highest BCUT2D eigenvalue weighted by atomic mass is 79.9. The zero-order valence-corrected chi connectivity index (χ0v) is 13.5. The van der Waals surface area contributed by atoms with Crippen molar-refractivity contribution in [2.75, 3.05) is 7.05 Å². The molecule has 0 aliphatic heterocycles. The highest BCUT2D eigenvalue weighted by molar-refractivity contribution is 9.10. The van der Waals surface area contributed by atoms with Crippen molar-refractivity contribution in [3.8, 4) is 0 Å². The maximum absolute atomic E-state index is 13.6. The number of hydrogen-bond acceptors (Lipinski definition) is 2. The molecule has 1 aromatic heterocycles. The van der Waals surface area contributed by atoms with Crippen LogP contribution >= 0.6 is 31.9 Å². The van der Waals surface area contributed by atoms with E-state index < -0.39 is 0 Å². The van der Waals surface area contributed by atoms with Gasteiger partial charge in [-0.2, -0.15) is 0 Å². The molecule has 0 saturated heterocycles. The second-order valence-corrected chi connectivity index (χ2v) is 5.86. The third-order valence-electron chi connectivity index (χ3n) is 2.91. The number of likely N-dealkylation sites (N-methyl/N-ethyl adjacent to an activating group) is 1. The molecule has 0 saturated carbocycles. The largest absolute Gasteiger partial charge is 0.313 e. The molecule has 0 spiro atoms. The van der Waals surface area contributed by atoms with Crippen molar-refractivity contribution in [2.24, 2.45) is 0 Å². The minimum Gasteiger partial charge on any atom is -0.313 e. The summed E-state index contributed by atoms with van der Waals surface area (Å²) in [5.74, 6) is -0.249. The molecule has 0 radical (unpaired) electrons. The van der Waals surface area contributed by atoms with Crippen molar-refractivity contribution in [3.05, 3.63) is 62.5 Å². The Balaban J connectivity index is 2.25. The summed E-state index contributed by atoms with van der Waals surface area (Å²) >= 11 is 6.66. The minimum atomic E-state index is -0.249. The number of benzene rings is 1. The second-order valence-electron chi connectivity index (χ2n) is 4.16. The van der Waals surface area contributed by atoms with Crippen LogP contribution in [0.25, 0.3) is 0 Å². The van der Waals surface area contributed by atoms with E-state index in [4.69, 9.17) is 0 Å². The number of halogens is 3. The summed E-state index contributed by atoms with van der Waals surface area (Å²) in [6, 6.07) is 9.00. The molecule has 2 nitrogen and oxygen atoms in total. The summed E-state index contributed by atoms with van der Waals surface area (Å²) in [7, 11) is 1.86. The molecule has 1 N–H and O–H groups in total. The van der Waals surface area contributed by atoms with Crippen LogP contribution in [0.1, 0.15) is 17.3 Å². The van der Waals surface area contributed by atoms with Crippen LogP contribution < -0.4 is 5.32 Å². The summed E-state index contributed by atoms with van der Waals surface area (Å²) in [5.41, 5.74) is 1.85. The average molecular weight is 388 g/mol. The first kappa shape index (κ1) is 14.6. The molecule has 1 unspecified atom stereocenters. The van der Waals surface area contributed by atoms with Gasteiger partial charge in [0.25, 0.3) is 0 Å². The lowest BCUT2D eigenvalue weighted by molar-refractivity contribution is 0.566. The third-order valence-corrected chi connectivity index (χ3v) is 4.21. The molecule has 0 fully saturated rings. The van der Waals surface area contributed by atoms with Crippen molar-refractivity contribution in [1.29, 1.82) is 0 Å². The average Bonchev–Trinajstić information content (AvgIpc) is 2.42. The van der Waals surface area contributed by atoms with E-state index in [9.17, 15) is 4.39 Å². The van der Waals surface area contributed by atoms with Crippen molar-refractivity contribution in [2.45, 2.75) is 12.5 Å². The molecule has 1 atom stereocenters. The van der Waals surface area contributed by atoms with Crippen molar-refractivity contribution >= 4 is 31.9 Å². The lowest BCUT2D eigenvalue weighted by Crippen LogP contribution is -2.20. The first-order valence-corrected chi connectivity index (χ1v) is 7.42. The molecular weight excluding hydrogens is 375 g/mol. The van der Waals surface area contributed by atoms with Gasteiger partial charge in [-0.1, -0.05) is 12.1 Å². The number of hydrogen-bond donors (Lipinski definition) is 1. The van der Waals surface area contributed by atoms with E-state index >= 15 is 0 Å². The van der Waals surface area contributed by atoms with E-state index in [1.807, 2.05) is 25.2 Å². The molecule has 19 heavy (non-hydrogen) atoms. The molecular formula is C14H13Br2FN2. The Morgan fingerprint density at radius 1 is 1.26 bits per heavy atom. The van der Waals surface area contributed by atoms with Gasteiger partial charge in [-0.3, -0.25) is 4.98 Å². The van der Waals surface area contributed by atoms with Crippen LogP contribution in [0.3, 0.4) is 0 Å². The molecule has 1 heterocycles. The lowest BCUT2D eigenvalue weighted by atomic mass is 10.0. The van der Waals surface area contributed by atoms with Crippen LogP contribution in [0, 0.1) is 5.82 Å². The first-order chi connectivity index (χ1) is 9.11. The Labute approximate surface area is 128 Å². The third kappa shape index (κ3) is 3.61. The Kier molecular flexibility index (Phi) is 5.07. The molecule has 5 heteroatoms. The Morgan fingerprint density at radius 2 is 2.05 bits per heavy atom. The molecule has 1 aromatic carbocycles. The van der Waals surface area contributed by atoms with Gasteiger partial charge in [-0.05, 0) is 62.7 Å². The van der Waals surface area contributed by atoms with E-state index in [1.165, 1.54) is 6.07 Å². The lowest BCUT2D eigenvalue weighted by Gasteiger charge is -2.18. The minimum absolute atomic E-state index is 0.0127. The van der Waals surface area contributed by atoms with Gasteiger partial charge in [-0.25, -0.2) is 4.39 Å². The zero-order valence-electron chi connectivity index (χ0n) is 10.3.